The average Bonchev–Trinajstić information content (AvgIpc) is 3.20. The van der Waals surface area contributed by atoms with Crippen LogP contribution in [0.5, 0.6) is 0 Å². The van der Waals surface area contributed by atoms with E-state index in [2.05, 4.69) is 64.7 Å². The number of benzene rings is 3. The van der Waals surface area contributed by atoms with Crippen molar-refractivity contribution in [3.63, 3.8) is 0 Å². The van der Waals surface area contributed by atoms with Crippen molar-refractivity contribution in [1.82, 2.24) is 4.57 Å². The average molecular weight is 548 g/mol. The first kappa shape index (κ1) is 25.7. The first-order chi connectivity index (χ1) is 17.3. The highest BCUT2D eigenvalue weighted by Crippen LogP contribution is 2.34. The topological polar surface area (TPSA) is 57.5 Å². The lowest BCUT2D eigenvalue weighted by Gasteiger charge is -2.16. The third-order valence-corrected chi connectivity index (χ3v) is 6.77. The summed E-state index contributed by atoms with van der Waals surface area (Å²) in [6.45, 7) is 5.94. The van der Waals surface area contributed by atoms with Crippen LogP contribution in [0, 0.1) is 0 Å². The van der Waals surface area contributed by atoms with Gasteiger partial charge in [0.25, 0.3) is 0 Å². The van der Waals surface area contributed by atoms with Crippen LogP contribution >= 0.6 is 15.9 Å². The first-order valence-corrected chi connectivity index (χ1v) is 12.8. The van der Waals surface area contributed by atoms with Crippen LogP contribution in [0.2, 0.25) is 0 Å². The van der Waals surface area contributed by atoms with Gasteiger partial charge in [-0.15, -0.1) is 0 Å². The van der Waals surface area contributed by atoms with Gasteiger partial charge in [-0.2, -0.15) is 0 Å². The van der Waals surface area contributed by atoms with Gasteiger partial charge in [0.15, 0.2) is 0 Å². The minimum absolute atomic E-state index is 0.399. The molecule has 6 heteroatoms. The number of hydrogen-bond donors (Lipinski definition) is 0. The second kappa shape index (κ2) is 11.6. The van der Waals surface area contributed by atoms with Gasteiger partial charge in [0.1, 0.15) is 0 Å². The second-order valence-corrected chi connectivity index (χ2v) is 10.1. The van der Waals surface area contributed by atoms with E-state index in [0.29, 0.717) is 18.9 Å². The smallest absolute Gasteiger partial charge is 0.316 e. The molecule has 4 aromatic rings. The van der Waals surface area contributed by atoms with Crippen molar-refractivity contribution >= 4 is 38.8 Å². The zero-order chi connectivity index (χ0) is 25.7. The molecule has 0 saturated heterocycles. The maximum absolute atomic E-state index is 13.3. The number of nitrogens with zero attached hydrogens (tertiary/aromatic N) is 1. The maximum Gasteiger partial charge on any atom is 0.316 e. The fraction of sp³-hybridized carbons (Fsp3) is 0.267. The Balaban J connectivity index is 1.73. The number of rotatable bonds is 9. The fourth-order valence-electron chi connectivity index (χ4n) is 4.35. The van der Waals surface area contributed by atoms with Gasteiger partial charge in [-0.05, 0) is 52.8 Å². The van der Waals surface area contributed by atoms with Crippen LogP contribution in [0.15, 0.2) is 83.5 Å². The number of fused-ring (bicyclic) bond motifs is 1. The number of halogens is 1. The van der Waals surface area contributed by atoms with Gasteiger partial charge in [-0.25, -0.2) is 0 Å². The quantitative estimate of drug-likeness (QED) is 0.168. The van der Waals surface area contributed by atoms with Gasteiger partial charge in [0.2, 0.25) is 6.79 Å². The molecule has 186 valence electrons. The van der Waals surface area contributed by atoms with Crippen molar-refractivity contribution in [2.75, 3.05) is 6.79 Å². The van der Waals surface area contributed by atoms with Gasteiger partial charge >= 0.3 is 11.9 Å². The number of carbonyl (C=O) groups excluding carboxylic acids is 2. The van der Waals surface area contributed by atoms with Crippen molar-refractivity contribution < 1.29 is 19.1 Å². The molecular weight excluding hydrogens is 518 g/mol. The summed E-state index contributed by atoms with van der Waals surface area (Å²) in [5, 5.41) is 0.980. The van der Waals surface area contributed by atoms with Crippen LogP contribution in [-0.2, 0) is 32.0 Å². The van der Waals surface area contributed by atoms with E-state index in [1.807, 2.05) is 48.7 Å². The molecule has 0 N–H and O–H groups in total. The SMILES string of the molecule is CC(=O)OCOC(=O)C(Cc1ccccc1)c1cn(Cc2ccc(C(C)C)cc2)c2ccc(Br)cc12. The van der Waals surface area contributed by atoms with Crippen molar-refractivity contribution in [1.29, 1.82) is 0 Å². The molecule has 36 heavy (non-hydrogen) atoms. The molecule has 0 amide bonds. The van der Waals surface area contributed by atoms with Gasteiger partial charge in [0, 0.05) is 35.0 Å². The molecule has 0 fully saturated rings. The normalized spacial score (nSPS) is 12.0. The van der Waals surface area contributed by atoms with Crippen molar-refractivity contribution in [2.45, 2.75) is 45.6 Å². The Morgan fingerprint density at radius 3 is 2.31 bits per heavy atom. The Labute approximate surface area is 220 Å². The van der Waals surface area contributed by atoms with E-state index >= 15 is 0 Å². The van der Waals surface area contributed by atoms with Crippen LogP contribution in [0.25, 0.3) is 10.9 Å². The number of aromatic nitrogens is 1. The zero-order valence-electron chi connectivity index (χ0n) is 20.7. The molecule has 5 nitrogen and oxygen atoms in total. The van der Waals surface area contributed by atoms with Crippen molar-refractivity contribution in [3.8, 4) is 0 Å². The van der Waals surface area contributed by atoms with Crippen molar-refractivity contribution in [3.05, 3.63) is 106 Å². The van der Waals surface area contributed by atoms with Gasteiger partial charge < -0.3 is 14.0 Å². The lowest BCUT2D eigenvalue weighted by molar-refractivity contribution is -0.166. The van der Waals surface area contributed by atoms with E-state index in [9.17, 15) is 9.59 Å². The lowest BCUT2D eigenvalue weighted by Crippen LogP contribution is -2.20. The summed E-state index contributed by atoms with van der Waals surface area (Å²) >= 11 is 3.59. The Bertz CT molecular complexity index is 1340. The van der Waals surface area contributed by atoms with Crippen LogP contribution in [0.3, 0.4) is 0 Å². The van der Waals surface area contributed by atoms with E-state index in [0.717, 1.165) is 26.5 Å². The summed E-state index contributed by atoms with van der Waals surface area (Å²) < 4.78 is 13.4. The van der Waals surface area contributed by atoms with E-state index in [4.69, 9.17) is 9.47 Å². The standard InChI is InChI=1S/C30H30BrNO4/c1-20(2)24-11-9-23(10-12-24)17-32-18-28(26-16-25(31)13-14-29(26)32)27(15-22-7-5-4-6-8-22)30(34)36-19-35-21(3)33/h4-14,16,18,20,27H,15,17,19H2,1-3H3. The second-order valence-electron chi connectivity index (χ2n) is 9.23. The predicted octanol–water partition coefficient (Wildman–Crippen LogP) is 6.97. The lowest BCUT2D eigenvalue weighted by atomic mass is 9.91. The molecule has 0 aliphatic carbocycles. The van der Waals surface area contributed by atoms with E-state index < -0.39 is 24.6 Å². The molecule has 4 rings (SSSR count). The Morgan fingerprint density at radius 1 is 0.917 bits per heavy atom. The highest BCUT2D eigenvalue weighted by atomic mass is 79.9. The molecule has 0 saturated carbocycles. The minimum atomic E-state index is -0.565. The Morgan fingerprint density at radius 2 is 1.64 bits per heavy atom. The molecule has 0 aliphatic rings. The number of ether oxygens (including phenoxy) is 2. The summed E-state index contributed by atoms with van der Waals surface area (Å²) in [5.41, 5.74) is 5.42. The zero-order valence-corrected chi connectivity index (χ0v) is 22.3. The largest absolute Gasteiger partial charge is 0.428 e. The summed E-state index contributed by atoms with van der Waals surface area (Å²) in [4.78, 5) is 24.5. The molecule has 0 spiro atoms. The number of hydrogen-bond acceptors (Lipinski definition) is 4. The Hall–Kier alpha value is -3.38. The Kier molecular flexibility index (Phi) is 8.26. The molecule has 0 bridgehead atoms. The molecule has 3 aromatic carbocycles. The third kappa shape index (κ3) is 6.24. The fourth-order valence-corrected chi connectivity index (χ4v) is 4.71. The highest BCUT2D eigenvalue weighted by Gasteiger charge is 2.27. The molecule has 1 atom stereocenters. The molecule has 0 aliphatic heterocycles. The highest BCUT2D eigenvalue weighted by molar-refractivity contribution is 9.10. The first-order valence-electron chi connectivity index (χ1n) is 12.0. The van der Waals surface area contributed by atoms with Crippen molar-refractivity contribution in [2.24, 2.45) is 0 Å². The number of carbonyl (C=O) groups is 2. The van der Waals surface area contributed by atoms with Crippen LogP contribution in [-0.4, -0.2) is 23.3 Å². The molecule has 1 heterocycles. The van der Waals surface area contributed by atoms with Gasteiger partial charge in [-0.1, -0.05) is 84.4 Å². The van der Waals surface area contributed by atoms with Gasteiger partial charge in [-0.3, -0.25) is 9.59 Å². The monoisotopic (exact) mass is 547 g/mol. The summed E-state index contributed by atoms with van der Waals surface area (Å²) in [6, 6.07) is 24.6. The third-order valence-electron chi connectivity index (χ3n) is 6.28. The maximum atomic E-state index is 13.3. The molecule has 0 radical (unpaired) electrons. The predicted molar refractivity (Wildman–Crippen MR) is 145 cm³/mol. The number of esters is 2. The van der Waals surface area contributed by atoms with Crippen LogP contribution < -0.4 is 0 Å². The van der Waals surface area contributed by atoms with Crippen LogP contribution in [0.1, 0.15) is 54.9 Å². The van der Waals surface area contributed by atoms with Crippen LogP contribution in [0.4, 0.5) is 0 Å². The van der Waals surface area contributed by atoms with E-state index in [1.165, 1.54) is 18.1 Å². The minimum Gasteiger partial charge on any atom is -0.428 e. The van der Waals surface area contributed by atoms with Gasteiger partial charge in [0.05, 0.1) is 5.92 Å². The molecular formula is C30H30BrNO4. The summed E-state index contributed by atoms with van der Waals surface area (Å²) in [7, 11) is 0. The summed E-state index contributed by atoms with van der Waals surface area (Å²) in [6.07, 6.45) is 2.52. The summed E-state index contributed by atoms with van der Waals surface area (Å²) in [5.74, 6) is -1.01. The van der Waals surface area contributed by atoms with E-state index in [1.54, 1.807) is 0 Å². The van der Waals surface area contributed by atoms with E-state index in [-0.39, 0.29) is 0 Å². The molecule has 1 aromatic heterocycles. The molecule has 1 unspecified atom stereocenters.